The zero-order valence-electron chi connectivity index (χ0n) is 9.63. The molecule has 0 aliphatic rings. The van der Waals surface area contributed by atoms with E-state index >= 15 is 0 Å². The van der Waals surface area contributed by atoms with E-state index in [2.05, 4.69) is 9.97 Å². The predicted octanol–water partition coefficient (Wildman–Crippen LogP) is 1.98. The van der Waals surface area contributed by atoms with E-state index in [4.69, 9.17) is 11.6 Å². The van der Waals surface area contributed by atoms with E-state index in [1.807, 2.05) is 13.8 Å². The highest BCUT2D eigenvalue weighted by molar-refractivity contribution is 6.31. The molecule has 0 amide bonds. The van der Waals surface area contributed by atoms with Gasteiger partial charge in [0.25, 0.3) is 6.01 Å². The molecule has 92 valence electrons. The summed E-state index contributed by atoms with van der Waals surface area (Å²) >= 11 is 5.88. The molecule has 1 atom stereocenters. The van der Waals surface area contributed by atoms with Crippen molar-refractivity contribution in [1.29, 1.82) is 0 Å². The average Bonchev–Trinajstić information content (AvgIpc) is 2.56. The van der Waals surface area contributed by atoms with Gasteiger partial charge in [0.1, 0.15) is 0 Å². The Morgan fingerprint density at radius 3 is 2.76 bits per heavy atom. The Hall–Kier alpha value is -1.33. The molecule has 2 rings (SSSR count). The first-order valence-corrected chi connectivity index (χ1v) is 5.75. The number of hydrogen-bond donors (Lipinski definition) is 2. The Morgan fingerprint density at radius 1 is 1.47 bits per heavy atom. The van der Waals surface area contributed by atoms with E-state index in [9.17, 15) is 10.2 Å². The number of rotatable bonds is 3. The number of aliphatic hydroxyl groups is 1. The van der Waals surface area contributed by atoms with Gasteiger partial charge in [-0.25, -0.2) is 4.98 Å². The van der Waals surface area contributed by atoms with Gasteiger partial charge in [-0.05, 0) is 12.0 Å². The summed E-state index contributed by atoms with van der Waals surface area (Å²) in [6.45, 7) is 3.84. The van der Waals surface area contributed by atoms with Crippen LogP contribution in [0.3, 0.4) is 0 Å². The van der Waals surface area contributed by atoms with Gasteiger partial charge in [0.05, 0.1) is 23.2 Å². The Balaban J connectivity index is 2.66. The normalized spacial score (nSPS) is 13.5. The summed E-state index contributed by atoms with van der Waals surface area (Å²) in [6, 6.07) is 1.28. The topological polar surface area (TPSA) is 71.2 Å². The monoisotopic (exact) mass is 255 g/mol. The van der Waals surface area contributed by atoms with Crippen LogP contribution in [0.15, 0.2) is 12.3 Å². The highest BCUT2D eigenvalue weighted by Crippen LogP contribution is 2.29. The van der Waals surface area contributed by atoms with Crippen LogP contribution in [0, 0.1) is 5.92 Å². The van der Waals surface area contributed by atoms with Crippen LogP contribution in [0.1, 0.15) is 19.9 Å². The Labute approximate surface area is 104 Å². The van der Waals surface area contributed by atoms with Gasteiger partial charge in [0, 0.05) is 6.20 Å². The van der Waals surface area contributed by atoms with Gasteiger partial charge in [-0.15, -0.1) is 0 Å². The maximum Gasteiger partial charge on any atom is 0.296 e. The number of hydrogen-bond acceptors (Lipinski definition) is 4. The quantitative estimate of drug-likeness (QED) is 0.880. The van der Waals surface area contributed by atoms with E-state index in [1.165, 1.54) is 6.20 Å². The summed E-state index contributed by atoms with van der Waals surface area (Å²) in [4.78, 5) is 7.98. The third kappa shape index (κ3) is 2.08. The number of nitrogens with zero attached hydrogens (tertiary/aromatic N) is 3. The maximum atomic E-state index is 9.83. The van der Waals surface area contributed by atoms with Crippen LogP contribution in [-0.4, -0.2) is 31.4 Å². The molecule has 0 aliphatic carbocycles. The number of aliphatic hydroxyl groups excluding tert-OH is 1. The molecule has 6 heteroatoms. The Morgan fingerprint density at radius 2 is 2.18 bits per heavy atom. The van der Waals surface area contributed by atoms with E-state index in [1.54, 1.807) is 10.6 Å². The minimum absolute atomic E-state index is 0.0802. The van der Waals surface area contributed by atoms with Crippen LogP contribution in [0.25, 0.3) is 11.2 Å². The summed E-state index contributed by atoms with van der Waals surface area (Å²) in [5, 5.41) is 19.7. The summed E-state index contributed by atoms with van der Waals surface area (Å²) in [5.74, 6) is 0.155. The van der Waals surface area contributed by atoms with Gasteiger partial charge in [-0.2, -0.15) is 4.98 Å². The zero-order valence-corrected chi connectivity index (χ0v) is 10.4. The summed E-state index contributed by atoms with van der Waals surface area (Å²) in [6.07, 6.45) is 1.48. The highest BCUT2D eigenvalue weighted by atomic mass is 35.5. The fraction of sp³-hybridized carbons (Fsp3) is 0.455. The van der Waals surface area contributed by atoms with Crippen molar-refractivity contribution in [2.24, 2.45) is 5.92 Å². The molecule has 0 unspecified atom stereocenters. The molecule has 0 aliphatic heterocycles. The molecule has 0 aromatic carbocycles. The van der Waals surface area contributed by atoms with Gasteiger partial charge in [-0.3, -0.25) is 4.57 Å². The van der Waals surface area contributed by atoms with Crippen molar-refractivity contribution in [3.05, 3.63) is 17.3 Å². The number of fused-ring (bicyclic) bond motifs is 1. The number of pyridine rings is 1. The van der Waals surface area contributed by atoms with E-state index in [0.717, 1.165) is 0 Å². The van der Waals surface area contributed by atoms with Crippen molar-refractivity contribution in [3.63, 3.8) is 0 Å². The first kappa shape index (κ1) is 12.1. The van der Waals surface area contributed by atoms with E-state index in [-0.39, 0.29) is 24.6 Å². The van der Waals surface area contributed by atoms with Crippen LogP contribution in [0.4, 0.5) is 0 Å². The highest BCUT2D eigenvalue weighted by Gasteiger charge is 2.21. The van der Waals surface area contributed by atoms with Crippen molar-refractivity contribution in [2.75, 3.05) is 6.61 Å². The lowest BCUT2D eigenvalue weighted by molar-refractivity contribution is 0.185. The molecular formula is C11H14ClN3O2. The van der Waals surface area contributed by atoms with Gasteiger partial charge < -0.3 is 10.2 Å². The second kappa shape index (κ2) is 4.50. The molecule has 5 nitrogen and oxygen atoms in total. The fourth-order valence-electron chi connectivity index (χ4n) is 1.86. The lowest BCUT2D eigenvalue weighted by atomic mass is 10.1. The number of aromatic nitrogens is 3. The first-order valence-electron chi connectivity index (χ1n) is 5.38. The lowest BCUT2D eigenvalue weighted by Gasteiger charge is -2.21. The second-order valence-electron chi connectivity index (χ2n) is 4.27. The molecule has 2 heterocycles. The zero-order chi connectivity index (χ0) is 12.6. The van der Waals surface area contributed by atoms with Crippen LogP contribution in [0.2, 0.25) is 5.02 Å². The summed E-state index contributed by atoms with van der Waals surface area (Å²) < 4.78 is 1.57. The first-order chi connectivity index (χ1) is 8.04. The number of aromatic hydroxyl groups is 1. The molecule has 0 radical (unpaired) electrons. The molecule has 17 heavy (non-hydrogen) atoms. The molecule has 0 spiro atoms. The van der Waals surface area contributed by atoms with Crippen molar-refractivity contribution in [2.45, 2.75) is 19.9 Å². The third-order valence-electron chi connectivity index (χ3n) is 2.78. The van der Waals surface area contributed by atoms with Crippen LogP contribution in [-0.2, 0) is 0 Å². The van der Waals surface area contributed by atoms with Gasteiger partial charge in [0.15, 0.2) is 5.65 Å². The number of imidazole rings is 1. The molecule has 2 N–H and O–H groups in total. The van der Waals surface area contributed by atoms with Crippen molar-refractivity contribution < 1.29 is 10.2 Å². The summed E-state index contributed by atoms with van der Waals surface area (Å²) in [7, 11) is 0. The van der Waals surface area contributed by atoms with E-state index in [0.29, 0.717) is 16.2 Å². The van der Waals surface area contributed by atoms with Gasteiger partial charge >= 0.3 is 0 Å². The van der Waals surface area contributed by atoms with Crippen molar-refractivity contribution >= 4 is 22.8 Å². The Kier molecular flexibility index (Phi) is 3.22. The molecule has 2 aromatic rings. The molecule has 0 bridgehead atoms. The minimum Gasteiger partial charge on any atom is -0.480 e. The van der Waals surface area contributed by atoms with E-state index < -0.39 is 0 Å². The largest absolute Gasteiger partial charge is 0.480 e. The maximum absolute atomic E-state index is 9.83. The van der Waals surface area contributed by atoms with Crippen LogP contribution < -0.4 is 0 Å². The lowest BCUT2D eigenvalue weighted by Crippen LogP contribution is -2.18. The average molecular weight is 256 g/mol. The predicted molar refractivity (Wildman–Crippen MR) is 65.2 cm³/mol. The summed E-state index contributed by atoms with van der Waals surface area (Å²) in [5.41, 5.74) is 1.05. The van der Waals surface area contributed by atoms with Crippen molar-refractivity contribution in [1.82, 2.24) is 14.5 Å². The van der Waals surface area contributed by atoms with Gasteiger partial charge in [0.2, 0.25) is 0 Å². The van der Waals surface area contributed by atoms with Crippen molar-refractivity contribution in [3.8, 4) is 6.01 Å². The molecule has 2 aromatic heterocycles. The SMILES string of the molecule is CC(C)[C@@H](CO)n1c(O)nc2ncc(Cl)cc21. The molecule has 0 saturated heterocycles. The molecular weight excluding hydrogens is 242 g/mol. The molecule has 0 fully saturated rings. The Bertz CT molecular complexity index is 539. The smallest absolute Gasteiger partial charge is 0.296 e. The minimum atomic E-state index is -0.250. The second-order valence-corrected chi connectivity index (χ2v) is 4.71. The number of halogens is 1. The third-order valence-corrected chi connectivity index (χ3v) is 2.99. The standard InChI is InChI=1S/C11H14ClN3O2/c1-6(2)9(5-16)15-8-3-7(12)4-13-10(8)14-11(15)17/h3-4,6,9,16H,5H2,1-2H3,(H,13,14,17)/t9-/m1/s1. The molecule has 0 saturated carbocycles. The van der Waals surface area contributed by atoms with Crippen LogP contribution >= 0.6 is 11.6 Å². The van der Waals surface area contributed by atoms with Crippen LogP contribution in [0.5, 0.6) is 6.01 Å². The fourth-order valence-corrected chi connectivity index (χ4v) is 2.01. The van der Waals surface area contributed by atoms with Gasteiger partial charge in [-0.1, -0.05) is 25.4 Å².